The molecule has 6 heteroatoms. The third kappa shape index (κ3) is 2.90. The maximum atomic E-state index is 12.9. The van der Waals surface area contributed by atoms with Crippen molar-refractivity contribution in [2.45, 2.75) is 25.3 Å². The number of para-hydroxylation sites is 2. The first-order valence-corrected chi connectivity index (χ1v) is 9.70. The Balaban J connectivity index is 1.93. The van der Waals surface area contributed by atoms with E-state index in [4.69, 9.17) is 0 Å². The first-order chi connectivity index (χ1) is 12.7. The van der Waals surface area contributed by atoms with Gasteiger partial charge in [0, 0.05) is 29.6 Å². The Labute approximate surface area is 156 Å². The van der Waals surface area contributed by atoms with Crippen LogP contribution in [0, 0.1) is 0 Å². The lowest BCUT2D eigenvalue weighted by Crippen LogP contribution is -2.40. The summed E-state index contributed by atoms with van der Waals surface area (Å²) in [6.07, 6.45) is 2.27. The van der Waals surface area contributed by atoms with Gasteiger partial charge < -0.3 is 15.5 Å². The molecule has 2 N–H and O–H groups in total. The van der Waals surface area contributed by atoms with Gasteiger partial charge in [0.2, 0.25) is 5.91 Å². The molecule has 5 nitrogen and oxygen atoms in total. The van der Waals surface area contributed by atoms with Gasteiger partial charge in [0.1, 0.15) is 0 Å². The van der Waals surface area contributed by atoms with Gasteiger partial charge in [0.05, 0.1) is 24.0 Å². The summed E-state index contributed by atoms with van der Waals surface area (Å²) in [5, 5.41) is 8.23. The fraction of sp³-hybridized carbons (Fsp3) is 0.300. The number of nitrogens with zero attached hydrogens (tertiary/aromatic N) is 1. The largest absolute Gasteiger partial charge is 0.358 e. The molecule has 134 valence electrons. The van der Waals surface area contributed by atoms with E-state index in [1.165, 1.54) is 0 Å². The van der Waals surface area contributed by atoms with E-state index in [0.717, 1.165) is 40.4 Å². The van der Waals surface area contributed by atoms with Crippen LogP contribution in [0.3, 0.4) is 0 Å². The van der Waals surface area contributed by atoms with Gasteiger partial charge in [-0.2, -0.15) is 0 Å². The van der Waals surface area contributed by atoms with Crippen molar-refractivity contribution in [2.24, 2.45) is 0 Å². The van der Waals surface area contributed by atoms with Gasteiger partial charge in [0.25, 0.3) is 0 Å². The Morgan fingerprint density at radius 3 is 2.88 bits per heavy atom. The summed E-state index contributed by atoms with van der Waals surface area (Å²) < 4.78 is 0. The quantitative estimate of drug-likeness (QED) is 0.872. The SMILES string of the molecule is CNC(=O)CN1c2ccccc2NC2=C(C(=O)CCC2)[C@@H]1c1cccs1. The van der Waals surface area contributed by atoms with Crippen molar-refractivity contribution < 1.29 is 9.59 Å². The van der Waals surface area contributed by atoms with Gasteiger partial charge in [-0.05, 0) is 36.4 Å². The van der Waals surface area contributed by atoms with E-state index >= 15 is 0 Å². The number of Topliss-reactive ketones (excluding diaryl/α,β-unsaturated/α-hetero) is 1. The first-order valence-electron chi connectivity index (χ1n) is 8.82. The predicted octanol–water partition coefficient (Wildman–Crippen LogP) is 3.47. The van der Waals surface area contributed by atoms with Gasteiger partial charge in [-0.1, -0.05) is 18.2 Å². The molecule has 0 saturated heterocycles. The van der Waals surface area contributed by atoms with Gasteiger partial charge in [-0.25, -0.2) is 0 Å². The van der Waals surface area contributed by atoms with Crippen molar-refractivity contribution in [3.8, 4) is 0 Å². The van der Waals surface area contributed by atoms with Gasteiger partial charge >= 0.3 is 0 Å². The lowest BCUT2D eigenvalue weighted by Gasteiger charge is -2.34. The highest BCUT2D eigenvalue weighted by Gasteiger charge is 2.37. The van der Waals surface area contributed by atoms with Crippen LogP contribution in [-0.2, 0) is 9.59 Å². The normalized spacial score (nSPS) is 19.3. The van der Waals surface area contributed by atoms with Crippen molar-refractivity contribution in [1.82, 2.24) is 5.32 Å². The van der Waals surface area contributed by atoms with Crippen molar-refractivity contribution >= 4 is 34.4 Å². The number of thiophene rings is 1. The number of anilines is 2. The Morgan fingerprint density at radius 2 is 2.12 bits per heavy atom. The van der Waals surface area contributed by atoms with Crippen molar-refractivity contribution in [3.63, 3.8) is 0 Å². The van der Waals surface area contributed by atoms with E-state index < -0.39 is 0 Å². The second kappa shape index (κ2) is 6.96. The highest BCUT2D eigenvalue weighted by molar-refractivity contribution is 7.10. The summed E-state index contributed by atoms with van der Waals surface area (Å²) in [5.41, 5.74) is 3.68. The summed E-state index contributed by atoms with van der Waals surface area (Å²) in [7, 11) is 1.64. The molecule has 26 heavy (non-hydrogen) atoms. The zero-order chi connectivity index (χ0) is 18.1. The van der Waals surface area contributed by atoms with E-state index in [2.05, 4.69) is 15.5 Å². The Bertz CT molecular complexity index is 873. The van der Waals surface area contributed by atoms with Gasteiger partial charge in [0.15, 0.2) is 5.78 Å². The molecule has 0 fully saturated rings. The minimum Gasteiger partial charge on any atom is -0.358 e. The molecule has 2 heterocycles. The number of carbonyl (C=O) groups is 2. The smallest absolute Gasteiger partial charge is 0.239 e. The number of carbonyl (C=O) groups excluding carboxylic acids is 2. The molecule has 0 saturated carbocycles. The lowest BCUT2D eigenvalue weighted by molar-refractivity contribution is -0.120. The molecule has 1 aliphatic carbocycles. The van der Waals surface area contributed by atoms with Crippen LogP contribution in [0.2, 0.25) is 0 Å². The van der Waals surface area contributed by atoms with Crippen LogP contribution in [0.25, 0.3) is 0 Å². The molecule has 1 atom stereocenters. The minimum absolute atomic E-state index is 0.0753. The molecule has 1 aromatic carbocycles. The number of amides is 1. The molecule has 0 spiro atoms. The van der Waals surface area contributed by atoms with E-state index in [1.807, 2.05) is 41.8 Å². The summed E-state index contributed by atoms with van der Waals surface area (Å²) in [4.78, 5) is 28.3. The summed E-state index contributed by atoms with van der Waals surface area (Å²) in [6.45, 7) is 0.196. The number of ketones is 1. The summed E-state index contributed by atoms with van der Waals surface area (Å²) in [6, 6.07) is 11.8. The summed E-state index contributed by atoms with van der Waals surface area (Å²) >= 11 is 1.62. The standard InChI is InChI=1S/C20H21N3O2S/c1-21-18(25)12-23-15-8-3-2-6-13(15)22-14-7-4-9-16(24)19(14)20(23)17-10-5-11-26-17/h2-3,5-6,8,10-11,20,22H,4,7,9,12H2,1H3,(H,21,25)/t20-/m0/s1. The van der Waals surface area contributed by atoms with Crippen LogP contribution < -0.4 is 15.5 Å². The maximum Gasteiger partial charge on any atom is 0.239 e. The molecule has 2 aliphatic rings. The second-order valence-corrected chi connectivity index (χ2v) is 7.51. The van der Waals surface area contributed by atoms with E-state index in [0.29, 0.717) is 6.42 Å². The monoisotopic (exact) mass is 367 g/mol. The van der Waals surface area contributed by atoms with Gasteiger partial charge in [-0.3, -0.25) is 9.59 Å². The molecule has 0 bridgehead atoms. The molecular weight excluding hydrogens is 346 g/mol. The van der Waals surface area contributed by atoms with Crippen LogP contribution >= 0.6 is 11.3 Å². The zero-order valence-corrected chi connectivity index (χ0v) is 15.4. The Morgan fingerprint density at radius 1 is 1.27 bits per heavy atom. The molecule has 1 aromatic heterocycles. The first kappa shape index (κ1) is 16.8. The molecular formula is C20H21N3O2S. The number of hydrogen-bond acceptors (Lipinski definition) is 5. The average molecular weight is 367 g/mol. The molecule has 4 rings (SSSR count). The highest BCUT2D eigenvalue weighted by Crippen LogP contribution is 2.45. The lowest BCUT2D eigenvalue weighted by atomic mass is 9.88. The van der Waals surface area contributed by atoms with Crippen molar-refractivity contribution in [2.75, 3.05) is 23.8 Å². The van der Waals surface area contributed by atoms with E-state index in [1.54, 1.807) is 18.4 Å². The van der Waals surface area contributed by atoms with E-state index in [9.17, 15) is 9.59 Å². The van der Waals surface area contributed by atoms with Crippen LogP contribution in [-0.4, -0.2) is 25.3 Å². The van der Waals surface area contributed by atoms with Crippen LogP contribution in [0.15, 0.2) is 53.0 Å². The number of likely N-dealkylation sites (N-methyl/N-ethyl adjacent to an activating group) is 1. The average Bonchev–Trinajstić information content (AvgIpc) is 3.13. The van der Waals surface area contributed by atoms with Crippen molar-refractivity contribution in [1.29, 1.82) is 0 Å². The number of allylic oxidation sites excluding steroid dienone is 1. The molecule has 1 aliphatic heterocycles. The predicted molar refractivity (Wildman–Crippen MR) is 104 cm³/mol. The summed E-state index contributed by atoms with van der Waals surface area (Å²) in [5.74, 6) is 0.0977. The van der Waals surface area contributed by atoms with Gasteiger partial charge in [-0.15, -0.1) is 11.3 Å². The number of nitrogens with one attached hydrogen (secondary N) is 2. The number of benzene rings is 1. The zero-order valence-electron chi connectivity index (χ0n) is 14.6. The number of fused-ring (bicyclic) bond motifs is 1. The van der Waals surface area contributed by atoms with Crippen LogP contribution in [0.5, 0.6) is 0 Å². The molecule has 0 unspecified atom stereocenters. The third-order valence-electron chi connectivity index (χ3n) is 4.95. The third-order valence-corrected chi connectivity index (χ3v) is 5.87. The van der Waals surface area contributed by atoms with Crippen LogP contribution in [0.1, 0.15) is 30.2 Å². The number of hydrogen-bond donors (Lipinski definition) is 2. The fourth-order valence-corrected chi connectivity index (χ4v) is 4.60. The number of rotatable bonds is 3. The second-order valence-electron chi connectivity index (χ2n) is 6.53. The molecule has 1 amide bonds. The molecule has 0 radical (unpaired) electrons. The Hall–Kier alpha value is -2.60. The van der Waals surface area contributed by atoms with Crippen LogP contribution in [0.4, 0.5) is 11.4 Å². The maximum absolute atomic E-state index is 12.9. The topological polar surface area (TPSA) is 61.4 Å². The highest BCUT2D eigenvalue weighted by atomic mass is 32.1. The minimum atomic E-state index is -0.244. The fourth-order valence-electron chi connectivity index (χ4n) is 3.75. The van der Waals surface area contributed by atoms with Crippen molar-refractivity contribution in [3.05, 3.63) is 57.9 Å². The Kier molecular flexibility index (Phi) is 4.51. The van der Waals surface area contributed by atoms with E-state index in [-0.39, 0.29) is 24.3 Å². The molecule has 2 aromatic rings.